The van der Waals surface area contributed by atoms with Crippen molar-refractivity contribution in [1.82, 2.24) is 5.32 Å². The molecule has 1 nitrogen and oxygen atoms in total. The number of hydrogen-bond acceptors (Lipinski definition) is 2. The molecule has 0 unspecified atom stereocenters. The van der Waals surface area contributed by atoms with Gasteiger partial charge < -0.3 is 5.32 Å². The van der Waals surface area contributed by atoms with Crippen molar-refractivity contribution in [3.8, 4) is 0 Å². The lowest BCUT2D eigenvalue weighted by molar-refractivity contribution is 0.290. The highest BCUT2D eigenvalue weighted by Crippen LogP contribution is 2.37. The molecule has 19 heavy (non-hydrogen) atoms. The van der Waals surface area contributed by atoms with Crippen molar-refractivity contribution in [3.05, 3.63) is 55.6 Å². The molecule has 0 atom stereocenters. The summed E-state index contributed by atoms with van der Waals surface area (Å²) in [7, 11) is 0. The zero-order valence-corrected chi connectivity index (χ0v) is 13.6. The van der Waals surface area contributed by atoms with Gasteiger partial charge in [-0.3, -0.25) is 0 Å². The lowest BCUT2D eigenvalue weighted by Gasteiger charge is -2.36. The topological polar surface area (TPSA) is 12.0 Å². The Bertz CT molecular complexity index is 546. The molecule has 100 valence electrons. The van der Waals surface area contributed by atoms with Gasteiger partial charge in [0.25, 0.3) is 0 Å². The van der Waals surface area contributed by atoms with Crippen molar-refractivity contribution in [2.24, 2.45) is 0 Å². The average Bonchev–Trinajstić information content (AvgIpc) is 2.75. The Morgan fingerprint density at radius 3 is 2.53 bits per heavy atom. The Hall–Kier alpha value is -0.350. The summed E-state index contributed by atoms with van der Waals surface area (Å²) in [4.78, 5) is 1.32. The molecule has 0 radical (unpaired) electrons. The molecule has 2 aromatic rings. The molecule has 0 amide bonds. The maximum absolute atomic E-state index is 5.93. The molecule has 0 spiro atoms. The fourth-order valence-electron chi connectivity index (χ4n) is 2.48. The van der Waals surface area contributed by atoms with Gasteiger partial charge in [-0.2, -0.15) is 0 Å². The Morgan fingerprint density at radius 1 is 1.16 bits per heavy atom. The van der Waals surface area contributed by atoms with Gasteiger partial charge in [-0.15, -0.1) is 11.3 Å². The molecular weight excluding hydrogens is 342 g/mol. The second-order valence-electron chi connectivity index (χ2n) is 5.00. The highest BCUT2D eigenvalue weighted by Gasteiger charge is 2.29. The number of thiophene rings is 1. The minimum absolute atomic E-state index is 0.648. The van der Waals surface area contributed by atoms with E-state index in [1.54, 1.807) is 11.3 Å². The van der Waals surface area contributed by atoms with Gasteiger partial charge in [0.1, 0.15) is 0 Å². The van der Waals surface area contributed by atoms with E-state index in [4.69, 9.17) is 11.6 Å². The third kappa shape index (κ3) is 3.40. The van der Waals surface area contributed by atoms with Crippen LogP contribution in [0.2, 0.25) is 4.34 Å². The van der Waals surface area contributed by atoms with Crippen LogP contribution < -0.4 is 5.32 Å². The van der Waals surface area contributed by atoms with E-state index in [1.165, 1.54) is 23.3 Å². The third-order valence-electron chi connectivity index (χ3n) is 3.67. The highest BCUT2D eigenvalue weighted by atomic mass is 79.9. The van der Waals surface area contributed by atoms with Crippen molar-refractivity contribution >= 4 is 38.9 Å². The largest absolute Gasteiger partial charge is 0.309 e. The highest BCUT2D eigenvalue weighted by molar-refractivity contribution is 9.10. The van der Waals surface area contributed by atoms with Crippen LogP contribution in [0.3, 0.4) is 0 Å². The van der Waals surface area contributed by atoms with Gasteiger partial charge in [0.2, 0.25) is 0 Å². The Morgan fingerprint density at radius 2 is 1.89 bits per heavy atom. The van der Waals surface area contributed by atoms with Gasteiger partial charge >= 0.3 is 0 Å². The van der Waals surface area contributed by atoms with E-state index in [9.17, 15) is 0 Å². The lowest BCUT2D eigenvalue weighted by atomic mass is 9.76. The summed E-state index contributed by atoms with van der Waals surface area (Å²) >= 11 is 11.1. The predicted molar refractivity (Wildman–Crippen MR) is 86.1 cm³/mol. The van der Waals surface area contributed by atoms with Gasteiger partial charge in [-0.05, 0) is 48.6 Å². The van der Waals surface area contributed by atoms with Crippen LogP contribution in [0.1, 0.15) is 29.2 Å². The van der Waals surface area contributed by atoms with Crippen molar-refractivity contribution < 1.29 is 0 Å². The molecular formula is C15H15BrClNS. The molecule has 1 saturated carbocycles. The Kier molecular flexibility index (Phi) is 4.27. The fourth-order valence-corrected chi connectivity index (χ4v) is 3.79. The molecule has 1 heterocycles. The number of hydrogen-bond donors (Lipinski definition) is 1. The molecule has 4 heteroatoms. The standard InChI is InChI=1S/C15H15BrClNS/c16-12-3-1-10(2-4-12)11-7-13(8-11)18-9-14-5-6-15(17)19-14/h1-6,11,13,18H,7-9H2. The van der Waals surface area contributed by atoms with Crippen molar-refractivity contribution in [2.75, 3.05) is 0 Å². The Labute approximate surface area is 131 Å². The van der Waals surface area contributed by atoms with E-state index in [0.717, 1.165) is 21.3 Å². The van der Waals surface area contributed by atoms with Gasteiger partial charge in [0.05, 0.1) is 4.34 Å². The first-order chi connectivity index (χ1) is 9.20. The first-order valence-corrected chi connectivity index (χ1v) is 8.42. The van der Waals surface area contributed by atoms with E-state index in [1.807, 2.05) is 6.07 Å². The van der Waals surface area contributed by atoms with Gasteiger partial charge in [0, 0.05) is 21.9 Å². The second kappa shape index (κ2) is 5.96. The number of halogens is 2. The quantitative estimate of drug-likeness (QED) is 0.794. The number of rotatable bonds is 4. The van der Waals surface area contributed by atoms with Crippen LogP contribution in [0.25, 0.3) is 0 Å². The maximum atomic E-state index is 5.93. The first-order valence-electron chi connectivity index (χ1n) is 6.44. The summed E-state index contributed by atoms with van der Waals surface area (Å²) < 4.78 is 2.03. The number of nitrogens with one attached hydrogen (secondary N) is 1. The molecule has 1 N–H and O–H groups in total. The van der Waals surface area contributed by atoms with E-state index in [-0.39, 0.29) is 0 Å². The molecule has 0 saturated heterocycles. The van der Waals surface area contributed by atoms with E-state index in [0.29, 0.717) is 6.04 Å². The van der Waals surface area contributed by atoms with E-state index in [2.05, 4.69) is 51.6 Å². The zero-order valence-electron chi connectivity index (χ0n) is 10.4. The third-order valence-corrected chi connectivity index (χ3v) is 5.43. The van der Waals surface area contributed by atoms with Crippen LogP contribution in [0.15, 0.2) is 40.9 Å². The summed E-state index contributed by atoms with van der Waals surface area (Å²) in [6, 6.07) is 13.4. The van der Waals surface area contributed by atoms with Crippen LogP contribution in [0.4, 0.5) is 0 Å². The average molecular weight is 357 g/mol. The minimum Gasteiger partial charge on any atom is -0.309 e. The van der Waals surface area contributed by atoms with Crippen molar-refractivity contribution in [1.29, 1.82) is 0 Å². The summed E-state index contributed by atoms with van der Waals surface area (Å²) in [5, 5.41) is 3.60. The smallest absolute Gasteiger partial charge is 0.0931 e. The molecule has 0 aliphatic heterocycles. The van der Waals surface area contributed by atoms with Gasteiger partial charge in [0.15, 0.2) is 0 Å². The summed E-state index contributed by atoms with van der Waals surface area (Å²) in [6.45, 7) is 0.940. The van der Waals surface area contributed by atoms with Crippen LogP contribution in [-0.2, 0) is 6.54 Å². The molecule has 0 bridgehead atoms. The minimum atomic E-state index is 0.648. The molecule has 1 aliphatic rings. The first kappa shape index (κ1) is 13.6. The molecule has 1 fully saturated rings. The van der Waals surface area contributed by atoms with Crippen LogP contribution in [0.5, 0.6) is 0 Å². The summed E-state index contributed by atoms with van der Waals surface area (Å²) in [5.74, 6) is 0.720. The number of benzene rings is 1. The van der Waals surface area contributed by atoms with Crippen molar-refractivity contribution in [3.63, 3.8) is 0 Å². The van der Waals surface area contributed by atoms with Crippen molar-refractivity contribution in [2.45, 2.75) is 31.3 Å². The van der Waals surface area contributed by atoms with E-state index < -0.39 is 0 Å². The lowest BCUT2D eigenvalue weighted by Crippen LogP contribution is -2.39. The monoisotopic (exact) mass is 355 g/mol. The van der Waals surface area contributed by atoms with Crippen LogP contribution >= 0.6 is 38.9 Å². The van der Waals surface area contributed by atoms with Crippen LogP contribution in [0, 0.1) is 0 Å². The molecule has 1 aromatic heterocycles. The zero-order chi connectivity index (χ0) is 13.2. The normalized spacial score (nSPS) is 22.2. The second-order valence-corrected chi connectivity index (χ2v) is 7.72. The summed E-state index contributed by atoms with van der Waals surface area (Å²) in [6.07, 6.45) is 2.47. The van der Waals surface area contributed by atoms with E-state index >= 15 is 0 Å². The maximum Gasteiger partial charge on any atom is 0.0931 e. The fraction of sp³-hybridized carbons (Fsp3) is 0.333. The molecule has 1 aromatic carbocycles. The van der Waals surface area contributed by atoms with Crippen LogP contribution in [-0.4, -0.2) is 6.04 Å². The SMILES string of the molecule is Clc1ccc(CNC2CC(c3ccc(Br)cc3)C2)s1. The Balaban J connectivity index is 1.46. The summed E-state index contributed by atoms with van der Waals surface area (Å²) in [5.41, 5.74) is 1.46. The van der Waals surface area contributed by atoms with Gasteiger partial charge in [-0.1, -0.05) is 39.7 Å². The van der Waals surface area contributed by atoms with Gasteiger partial charge in [-0.25, -0.2) is 0 Å². The predicted octanol–water partition coefficient (Wildman–Crippen LogP) is 5.20. The molecule has 3 rings (SSSR count). The molecule has 1 aliphatic carbocycles.